The van der Waals surface area contributed by atoms with E-state index in [-0.39, 0.29) is 22.5 Å². The van der Waals surface area contributed by atoms with Gasteiger partial charge in [0.1, 0.15) is 0 Å². The van der Waals surface area contributed by atoms with Crippen molar-refractivity contribution in [1.82, 2.24) is 0 Å². The van der Waals surface area contributed by atoms with Crippen LogP contribution in [0.5, 0.6) is 0 Å². The van der Waals surface area contributed by atoms with E-state index in [0.29, 0.717) is 16.3 Å². The second-order valence-electron chi connectivity index (χ2n) is 7.46. The number of amides is 2. The molecule has 6 nitrogen and oxygen atoms in total. The SMILES string of the molecule is Cc1ccc(C(=O)[C@H](C)OC(=O)c2ccc3c(c2)C(=O)N(c2ccc(Cl)cc2)C3=O)cc1. The predicted octanol–water partition coefficient (Wildman–Crippen LogP) is 4.88. The molecule has 0 fully saturated rings. The van der Waals surface area contributed by atoms with Crippen LogP contribution in [-0.2, 0) is 4.74 Å². The average molecular weight is 448 g/mol. The molecule has 0 saturated carbocycles. The maximum Gasteiger partial charge on any atom is 0.338 e. The van der Waals surface area contributed by atoms with Crippen molar-refractivity contribution in [1.29, 1.82) is 0 Å². The van der Waals surface area contributed by atoms with E-state index >= 15 is 0 Å². The molecule has 4 rings (SSSR count). The number of ketones is 1. The van der Waals surface area contributed by atoms with E-state index in [4.69, 9.17) is 16.3 Å². The van der Waals surface area contributed by atoms with Crippen LogP contribution in [0.2, 0.25) is 5.02 Å². The van der Waals surface area contributed by atoms with E-state index in [0.717, 1.165) is 10.5 Å². The van der Waals surface area contributed by atoms with E-state index < -0.39 is 23.9 Å². The number of imide groups is 1. The molecule has 1 aliphatic heterocycles. The first kappa shape index (κ1) is 21.5. The van der Waals surface area contributed by atoms with Crippen molar-refractivity contribution in [2.24, 2.45) is 0 Å². The molecule has 0 unspecified atom stereocenters. The number of fused-ring (bicyclic) bond motifs is 1. The van der Waals surface area contributed by atoms with Crippen molar-refractivity contribution in [3.05, 3.63) is 99.6 Å². The zero-order valence-corrected chi connectivity index (χ0v) is 18.1. The van der Waals surface area contributed by atoms with Gasteiger partial charge in [0.2, 0.25) is 5.78 Å². The first-order valence-corrected chi connectivity index (χ1v) is 10.2. The first-order valence-electron chi connectivity index (χ1n) is 9.86. The highest BCUT2D eigenvalue weighted by Gasteiger charge is 2.37. The Morgan fingerprint density at radius 1 is 0.844 bits per heavy atom. The van der Waals surface area contributed by atoms with Gasteiger partial charge in [-0.2, -0.15) is 0 Å². The normalized spacial score (nSPS) is 13.7. The van der Waals surface area contributed by atoms with Gasteiger partial charge in [0, 0.05) is 10.6 Å². The summed E-state index contributed by atoms with van der Waals surface area (Å²) in [5, 5.41) is 0.477. The van der Waals surface area contributed by atoms with E-state index in [1.807, 2.05) is 6.92 Å². The number of hydrogen-bond donors (Lipinski definition) is 0. The lowest BCUT2D eigenvalue weighted by molar-refractivity contribution is 0.0318. The smallest absolute Gasteiger partial charge is 0.338 e. The highest BCUT2D eigenvalue weighted by atomic mass is 35.5. The minimum Gasteiger partial charge on any atom is -0.451 e. The predicted molar refractivity (Wildman–Crippen MR) is 119 cm³/mol. The van der Waals surface area contributed by atoms with Gasteiger partial charge >= 0.3 is 5.97 Å². The van der Waals surface area contributed by atoms with Gasteiger partial charge in [-0.25, -0.2) is 9.69 Å². The molecule has 0 saturated heterocycles. The van der Waals surface area contributed by atoms with Gasteiger partial charge in [0.15, 0.2) is 6.10 Å². The highest BCUT2D eigenvalue weighted by molar-refractivity contribution is 6.35. The van der Waals surface area contributed by atoms with Gasteiger partial charge in [0.05, 0.1) is 22.4 Å². The molecule has 0 bridgehead atoms. The Morgan fingerprint density at radius 3 is 2.09 bits per heavy atom. The maximum atomic E-state index is 12.9. The molecular weight excluding hydrogens is 430 g/mol. The molecule has 160 valence electrons. The molecule has 1 aliphatic rings. The largest absolute Gasteiger partial charge is 0.451 e. The molecule has 0 N–H and O–H groups in total. The summed E-state index contributed by atoms with van der Waals surface area (Å²) in [6.45, 7) is 3.40. The second kappa shape index (κ2) is 8.40. The number of rotatable bonds is 5. The summed E-state index contributed by atoms with van der Waals surface area (Å²) >= 11 is 5.88. The lowest BCUT2D eigenvalue weighted by atomic mass is 10.0. The van der Waals surface area contributed by atoms with Crippen LogP contribution in [0.3, 0.4) is 0 Å². The fourth-order valence-corrected chi connectivity index (χ4v) is 3.55. The molecule has 7 heteroatoms. The zero-order chi connectivity index (χ0) is 23.0. The number of benzene rings is 3. The number of aryl methyl sites for hydroxylation is 1. The summed E-state index contributed by atoms with van der Waals surface area (Å²) in [6.07, 6.45) is -1.01. The van der Waals surface area contributed by atoms with Gasteiger partial charge in [-0.1, -0.05) is 41.4 Å². The second-order valence-corrected chi connectivity index (χ2v) is 7.90. The molecular formula is C25H18ClNO5. The quantitative estimate of drug-likeness (QED) is 0.316. The molecule has 0 spiro atoms. The van der Waals surface area contributed by atoms with Crippen LogP contribution in [0.1, 0.15) is 53.9 Å². The standard InChI is InChI=1S/C25H18ClNO5/c1-14-3-5-16(6-4-14)22(28)15(2)32-25(31)17-7-12-20-21(13-17)24(30)27(23(20)29)19-10-8-18(26)9-11-19/h3-13,15H,1-2H3/t15-/m0/s1. The number of nitrogens with zero attached hydrogens (tertiary/aromatic N) is 1. The number of carbonyl (C=O) groups is 4. The number of carbonyl (C=O) groups excluding carboxylic acids is 4. The van der Waals surface area contributed by atoms with Crippen LogP contribution in [0, 0.1) is 6.92 Å². The zero-order valence-electron chi connectivity index (χ0n) is 17.3. The average Bonchev–Trinajstić information content (AvgIpc) is 3.04. The van der Waals surface area contributed by atoms with Gasteiger partial charge in [-0.3, -0.25) is 14.4 Å². The van der Waals surface area contributed by atoms with Crippen LogP contribution in [0.15, 0.2) is 66.7 Å². The third kappa shape index (κ3) is 3.92. The summed E-state index contributed by atoms with van der Waals surface area (Å²) in [6, 6.07) is 17.4. The highest BCUT2D eigenvalue weighted by Crippen LogP contribution is 2.30. The topological polar surface area (TPSA) is 80.8 Å². The van der Waals surface area contributed by atoms with Crippen molar-refractivity contribution in [3.8, 4) is 0 Å². The summed E-state index contributed by atoms with van der Waals surface area (Å²) in [5.41, 5.74) is 2.18. The monoisotopic (exact) mass is 447 g/mol. The molecule has 3 aromatic carbocycles. The lowest BCUT2D eigenvalue weighted by Gasteiger charge is -2.13. The molecule has 0 aromatic heterocycles. The van der Waals surface area contributed by atoms with Crippen molar-refractivity contribution in [2.75, 3.05) is 4.90 Å². The molecule has 1 atom stereocenters. The van der Waals surface area contributed by atoms with Crippen LogP contribution >= 0.6 is 11.6 Å². The molecule has 0 aliphatic carbocycles. The van der Waals surface area contributed by atoms with Crippen LogP contribution in [0.25, 0.3) is 0 Å². The van der Waals surface area contributed by atoms with E-state index in [1.54, 1.807) is 48.5 Å². The number of ether oxygens (including phenoxy) is 1. The van der Waals surface area contributed by atoms with Crippen molar-refractivity contribution >= 4 is 40.9 Å². The van der Waals surface area contributed by atoms with Gasteiger partial charge in [0.25, 0.3) is 11.8 Å². The third-order valence-corrected chi connectivity index (χ3v) is 5.45. The number of esters is 1. The Kier molecular flexibility index (Phi) is 5.63. The van der Waals surface area contributed by atoms with Crippen molar-refractivity contribution < 1.29 is 23.9 Å². The Balaban J connectivity index is 1.53. The van der Waals surface area contributed by atoms with E-state index in [9.17, 15) is 19.2 Å². The Labute approximate surface area is 189 Å². The molecule has 0 radical (unpaired) electrons. The Morgan fingerprint density at radius 2 is 1.44 bits per heavy atom. The number of halogens is 1. The fourth-order valence-electron chi connectivity index (χ4n) is 3.43. The molecule has 2 amide bonds. The fraction of sp³-hybridized carbons (Fsp3) is 0.120. The van der Waals surface area contributed by atoms with Crippen LogP contribution in [0.4, 0.5) is 5.69 Å². The lowest BCUT2D eigenvalue weighted by Crippen LogP contribution is -2.29. The molecule has 3 aromatic rings. The van der Waals surface area contributed by atoms with Crippen LogP contribution < -0.4 is 4.90 Å². The summed E-state index contributed by atoms with van der Waals surface area (Å²) in [7, 11) is 0. The maximum absolute atomic E-state index is 12.9. The summed E-state index contributed by atoms with van der Waals surface area (Å²) < 4.78 is 5.32. The van der Waals surface area contributed by atoms with Gasteiger partial charge in [-0.05, 0) is 56.3 Å². The van der Waals surface area contributed by atoms with Crippen LogP contribution in [-0.4, -0.2) is 29.7 Å². The minimum absolute atomic E-state index is 0.0754. The minimum atomic E-state index is -1.01. The van der Waals surface area contributed by atoms with Crippen molar-refractivity contribution in [3.63, 3.8) is 0 Å². The number of hydrogen-bond acceptors (Lipinski definition) is 5. The van der Waals surface area contributed by atoms with Crippen molar-refractivity contribution in [2.45, 2.75) is 20.0 Å². The molecule has 1 heterocycles. The Hall–Kier alpha value is -3.77. The molecule has 32 heavy (non-hydrogen) atoms. The first-order chi connectivity index (χ1) is 15.3. The summed E-state index contributed by atoms with van der Waals surface area (Å²) in [4.78, 5) is 51.8. The number of Topliss-reactive ketones (excluding diaryl/α,β-unsaturated/α-hetero) is 1. The van der Waals surface area contributed by atoms with E-state index in [1.165, 1.54) is 25.1 Å². The Bertz CT molecular complexity index is 1250. The van der Waals surface area contributed by atoms with Gasteiger partial charge in [-0.15, -0.1) is 0 Å². The van der Waals surface area contributed by atoms with Gasteiger partial charge < -0.3 is 4.74 Å². The third-order valence-electron chi connectivity index (χ3n) is 5.20. The summed E-state index contributed by atoms with van der Waals surface area (Å²) in [5.74, 6) is -2.13. The number of anilines is 1. The van der Waals surface area contributed by atoms with E-state index in [2.05, 4.69) is 0 Å².